The minimum absolute atomic E-state index is 0.326. The van der Waals surface area contributed by atoms with Gasteiger partial charge in [-0.1, -0.05) is 36.0 Å². The van der Waals surface area contributed by atoms with Crippen molar-refractivity contribution in [1.29, 1.82) is 0 Å². The highest BCUT2D eigenvalue weighted by atomic mass is 32.2. The summed E-state index contributed by atoms with van der Waals surface area (Å²) in [4.78, 5) is 22.7. The fourth-order valence-corrected chi connectivity index (χ4v) is 3.33. The van der Waals surface area contributed by atoms with Crippen LogP contribution >= 0.6 is 11.8 Å². The summed E-state index contributed by atoms with van der Waals surface area (Å²) < 4.78 is 13.2. The van der Waals surface area contributed by atoms with Gasteiger partial charge >= 0.3 is 6.03 Å². The molecule has 0 aliphatic heterocycles. The van der Waals surface area contributed by atoms with Gasteiger partial charge in [0.25, 0.3) is 0 Å². The van der Waals surface area contributed by atoms with E-state index in [2.05, 4.69) is 10.2 Å². The lowest BCUT2D eigenvalue weighted by Gasteiger charge is -2.12. The number of imide groups is 1. The third-order valence-corrected chi connectivity index (χ3v) is 4.77. The summed E-state index contributed by atoms with van der Waals surface area (Å²) >= 11 is 1.18. The second-order valence-electron chi connectivity index (χ2n) is 5.52. The molecular weight excluding hydrogens is 355 g/mol. The van der Waals surface area contributed by atoms with Gasteiger partial charge in [-0.15, -0.1) is 10.2 Å². The van der Waals surface area contributed by atoms with E-state index < -0.39 is 17.2 Å². The second kappa shape index (κ2) is 7.49. The topological polar surface area (TPSA) is 98.0 Å². The number of halogens is 1. The van der Waals surface area contributed by atoms with Crippen LogP contribution in [-0.4, -0.2) is 27.4 Å². The van der Waals surface area contributed by atoms with E-state index in [0.717, 1.165) is 16.3 Å². The molecule has 8 heteroatoms. The molecule has 132 valence electrons. The number of nitrogens with two attached hydrogens (primary N) is 1. The van der Waals surface area contributed by atoms with Gasteiger partial charge in [-0.25, -0.2) is 9.18 Å². The SMILES string of the molecule is CC(Sc1nnc(-c2ccc(F)cc2)c2ccccc12)C(=O)NC(N)=O. The van der Waals surface area contributed by atoms with Crippen LogP contribution in [0, 0.1) is 5.82 Å². The first-order valence-electron chi connectivity index (χ1n) is 7.74. The van der Waals surface area contributed by atoms with Crippen molar-refractivity contribution >= 4 is 34.5 Å². The standard InChI is InChI=1S/C18H15FN4O2S/c1-10(16(24)21-18(20)25)26-17-14-5-3-2-4-13(14)15(22-23-17)11-6-8-12(19)9-7-11/h2-10H,1H3,(H3,20,21,24,25). The zero-order valence-electron chi connectivity index (χ0n) is 13.8. The average Bonchev–Trinajstić information content (AvgIpc) is 2.62. The number of carbonyl (C=O) groups excluding carboxylic acids is 2. The number of hydrogen-bond donors (Lipinski definition) is 2. The van der Waals surface area contributed by atoms with Crippen LogP contribution in [0.15, 0.2) is 53.6 Å². The van der Waals surface area contributed by atoms with Gasteiger partial charge in [-0.05, 0) is 31.2 Å². The number of rotatable bonds is 4. The number of fused-ring (bicyclic) bond motifs is 1. The minimum Gasteiger partial charge on any atom is -0.351 e. The zero-order valence-corrected chi connectivity index (χ0v) is 14.6. The van der Waals surface area contributed by atoms with E-state index in [0.29, 0.717) is 10.7 Å². The van der Waals surface area contributed by atoms with Crippen molar-refractivity contribution in [2.24, 2.45) is 5.73 Å². The molecule has 3 aromatic rings. The molecule has 6 nitrogen and oxygen atoms in total. The Morgan fingerprint density at radius 3 is 2.38 bits per heavy atom. The van der Waals surface area contributed by atoms with Crippen molar-refractivity contribution in [3.05, 3.63) is 54.3 Å². The molecule has 0 saturated carbocycles. The van der Waals surface area contributed by atoms with Gasteiger partial charge in [-0.2, -0.15) is 0 Å². The summed E-state index contributed by atoms with van der Waals surface area (Å²) in [5.74, 6) is -0.830. The molecule has 3 rings (SSSR count). The Bertz CT molecular complexity index is 979. The summed E-state index contributed by atoms with van der Waals surface area (Å²) in [6.07, 6.45) is 0. The lowest BCUT2D eigenvalue weighted by atomic mass is 10.1. The van der Waals surface area contributed by atoms with Gasteiger partial charge in [0, 0.05) is 16.3 Å². The van der Waals surface area contributed by atoms with Gasteiger partial charge in [-0.3, -0.25) is 10.1 Å². The van der Waals surface area contributed by atoms with Crippen LogP contribution in [0.25, 0.3) is 22.0 Å². The van der Waals surface area contributed by atoms with Crippen LogP contribution in [0.4, 0.5) is 9.18 Å². The molecule has 2 aromatic carbocycles. The van der Waals surface area contributed by atoms with Crippen LogP contribution in [0.3, 0.4) is 0 Å². The van der Waals surface area contributed by atoms with Crippen LogP contribution in [0.5, 0.6) is 0 Å². The Kier molecular flexibility index (Phi) is 5.13. The lowest BCUT2D eigenvalue weighted by Crippen LogP contribution is -2.39. The highest BCUT2D eigenvalue weighted by Crippen LogP contribution is 2.33. The van der Waals surface area contributed by atoms with Gasteiger partial charge < -0.3 is 5.73 Å². The molecule has 26 heavy (non-hydrogen) atoms. The van der Waals surface area contributed by atoms with Gasteiger partial charge in [0.2, 0.25) is 5.91 Å². The third kappa shape index (κ3) is 3.80. The fourth-order valence-electron chi connectivity index (χ4n) is 2.43. The van der Waals surface area contributed by atoms with E-state index in [9.17, 15) is 14.0 Å². The summed E-state index contributed by atoms with van der Waals surface area (Å²) in [5.41, 5.74) is 6.34. The van der Waals surface area contributed by atoms with E-state index in [1.54, 1.807) is 19.1 Å². The number of aromatic nitrogens is 2. The number of nitrogens with zero attached hydrogens (tertiary/aromatic N) is 2. The van der Waals surface area contributed by atoms with E-state index in [-0.39, 0.29) is 5.82 Å². The molecule has 1 unspecified atom stereocenters. The van der Waals surface area contributed by atoms with E-state index in [1.807, 2.05) is 29.6 Å². The Hall–Kier alpha value is -3.00. The molecule has 1 atom stereocenters. The van der Waals surface area contributed by atoms with Crippen molar-refractivity contribution in [1.82, 2.24) is 15.5 Å². The van der Waals surface area contributed by atoms with E-state index in [1.165, 1.54) is 23.9 Å². The van der Waals surface area contributed by atoms with Crippen molar-refractivity contribution in [3.63, 3.8) is 0 Å². The second-order valence-corrected chi connectivity index (χ2v) is 6.85. The molecule has 0 spiro atoms. The molecule has 1 heterocycles. The van der Waals surface area contributed by atoms with Gasteiger partial charge in [0.15, 0.2) is 0 Å². The van der Waals surface area contributed by atoms with Crippen LogP contribution in [0.1, 0.15) is 6.92 Å². The number of amides is 3. The first kappa shape index (κ1) is 17.8. The normalized spacial score (nSPS) is 11.9. The van der Waals surface area contributed by atoms with Crippen molar-refractivity contribution in [2.75, 3.05) is 0 Å². The predicted octanol–water partition coefficient (Wildman–Crippen LogP) is 3.11. The molecule has 0 bridgehead atoms. The first-order chi connectivity index (χ1) is 12.5. The monoisotopic (exact) mass is 370 g/mol. The summed E-state index contributed by atoms with van der Waals surface area (Å²) in [7, 11) is 0. The lowest BCUT2D eigenvalue weighted by molar-refractivity contribution is -0.119. The summed E-state index contributed by atoms with van der Waals surface area (Å²) in [6.45, 7) is 1.65. The zero-order chi connectivity index (χ0) is 18.7. The molecular formula is C18H15FN4O2S. The molecule has 3 amide bonds. The maximum absolute atomic E-state index is 13.2. The number of primary amides is 1. The number of thioether (sulfide) groups is 1. The molecule has 0 fully saturated rings. The number of carbonyl (C=O) groups is 2. The van der Waals surface area contributed by atoms with Crippen molar-refractivity contribution < 1.29 is 14.0 Å². The molecule has 0 aliphatic carbocycles. The van der Waals surface area contributed by atoms with Crippen LogP contribution in [-0.2, 0) is 4.79 Å². The number of benzene rings is 2. The quantitative estimate of drug-likeness (QED) is 0.688. The van der Waals surface area contributed by atoms with Crippen LogP contribution < -0.4 is 11.1 Å². The highest BCUT2D eigenvalue weighted by Gasteiger charge is 2.19. The van der Waals surface area contributed by atoms with E-state index in [4.69, 9.17) is 5.73 Å². The van der Waals surface area contributed by atoms with Crippen molar-refractivity contribution in [3.8, 4) is 11.3 Å². The Balaban J connectivity index is 1.99. The van der Waals surface area contributed by atoms with Crippen LogP contribution in [0.2, 0.25) is 0 Å². The third-order valence-electron chi connectivity index (χ3n) is 3.68. The van der Waals surface area contributed by atoms with Gasteiger partial charge in [0.05, 0.1) is 5.25 Å². The number of hydrogen-bond acceptors (Lipinski definition) is 5. The van der Waals surface area contributed by atoms with E-state index >= 15 is 0 Å². The summed E-state index contributed by atoms with van der Waals surface area (Å²) in [6, 6.07) is 12.6. The van der Waals surface area contributed by atoms with Gasteiger partial charge in [0.1, 0.15) is 16.5 Å². The fraction of sp³-hybridized carbons (Fsp3) is 0.111. The maximum atomic E-state index is 13.2. The number of urea groups is 1. The summed E-state index contributed by atoms with van der Waals surface area (Å²) in [5, 5.41) is 12.2. The molecule has 3 N–H and O–H groups in total. The Morgan fingerprint density at radius 1 is 1.08 bits per heavy atom. The molecule has 1 aromatic heterocycles. The Labute approximate surface area is 153 Å². The highest BCUT2D eigenvalue weighted by molar-refractivity contribution is 8.00. The predicted molar refractivity (Wildman–Crippen MR) is 98.0 cm³/mol. The number of nitrogens with one attached hydrogen (secondary N) is 1. The Morgan fingerprint density at radius 2 is 1.73 bits per heavy atom. The first-order valence-corrected chi connectivity index (χ1v) is 8.62. The molecule has 0 radical (unpaired) electrons. The maximum Gasteiger partial charge on any atom is 0.318 e. The largest absolute Gasteiger partial charge is 0.351 e. The average molecular weight is 370 g/mol. The molecule has 0 aliphatic rings. The van der Waals surface area contributed by atoms with Crippen molar-refractivity contribution in [2.45, 2.75) is 17.2 Å². The smallest absolute Gasteiger partial charge is 0.318 e. The minimum atomic E-state index is -0.898. The molecule has 0 saturated heterocycles.